The van der Waals surface area contributed by atoms with E-state index in [1.54, 1.807) is 13.8 Å². The van der Waals surface area contributed by atoms with Gasteiger partial charge in [0.25, 0.3) is 5.91 Å². The van der Waals surface area contributed by atoms with Crippen molar-refractivity contribution in [2.75, 3.05) is 6.54 Å². The van der Waals surface area contributed by atoms with Gasteiger partial charge in [0.05, 0.1) is 17.3 Å². The Hall–Kier alpha value is -2.77. The van der Waals surface area contributed by atoms with Gasteiger partial charge >= 0.3 is 5.97 Å². The van der Waals surface area contributed by atoms with Crippen molar-refractivity contribution in [3.05, 3.63) is 42.0 Å². The molecule has 0 unspecified atom stereocenters. The third-order valence-electron chi connectivity index (χ3n) is 4.18. The molecule has 0 spiro atoms. The van der Waals surface area contributed by atoms with Crippen molar-refractivity contribution >= 4 is 11.9 Å². The molecular weight excluding hydrogens is 315 g/mol. The second-order valence-corrected chi connectivity index (χ2v) is 5.47. The molecule has 0 bridgehead atoms. The summed E-state index contributed by atoms with van der Waals surface area (Å²) < 4.78 is 12.9. The number of rotatable bonds is 7. The van der Waals surface area contributed by atoms with E-state index in [9.17, 15) is 19.1 Å². The Morgan fingerprint density at radius 1 is 1.25 bits per heavy atom. The van der Waals surface area contributed by atoms with Crippen LogP contribution in [-0.4, -0.2) is 38.5 Å². The van der Waals surface area contributed by atoms with Gasteiger partial charge < -0.3 is 10.4 Å². The molecule has 2 aromatic rings. The lowest BCUT2D eigenvalue weighted by Crippen LogP contribution is -2.42. The molecule has 2 N–H and O–H groups in total. The molecule has 8 heteroatoms. The van der Waals surface area contributed by atoms with E-state index in [2.05, 4.69) is 15.5 Å². The van der Waals surface area contributed by atoms with Crippen LogP contribution in [0.4, 0.5) is 4.39 Å². The summed E-state index contributed by atoms with van der Waals surface area (Å²) in [6.45, 7) is 3.56. The van der Waals surface area contributed by atoms with Crippen LogP contribution in [0.15, 0.2) is 30.5 Å². The summed E-state index contributed by atoms with van der Waals surface area (Å²) in [6, 6.07) is 5.51. The maximum atomic E-state index is 12.9. The number of carboxylic acid groups (broad SMARTS) is 1. The fraction of sp³-hybridized carbons (Fsp3) is 0.375. The second kappa shape index (κ2) is 7.20. The third kappa shape index (κ3) is 3.58. The molecule has 0 aliphatic rings. The van der Waals surface area contributed by atoms with Gasteiger partial charge in [0.2, 0.25) is 0 Å². The van der Waals surface area contributed by atoms with Crippen molar-refractivity contribution in [1.29, 1.82) is 0 Å². The van der Waals surface area contributed by atoms with E-state index in [1.807, 2.05) is 0 Å². The number of carboxylic acids is 1. The monoisotopic (exact) mass is 334 g/mol. The van der Waals surface area contributed by atoms with Crippen molar-refractivity contribution in [3.63, 3.8) is 0 Å². The van der Waals surface area contributed by atoms with Crippen molar-refractivity contribution in [1.82, 2.24) is 20.3 Å². The first-order valence-corrected chi connectivity index (χ1v) is 7.61. The number of nitrogens with one attached hydrogen (secondary N) is 1. The van der Waals surface area contributed by atoms with E-state index >= 15 is 0 Å². The smallest absolute Gasteiger partial charge is 0.311 e. The summed E-state index contributed by atoms with van der Waals surface area (Å²) in [5.41, 5.74) is -0.425. The summed E-state index contributed by atoms with van der Waals surface area (Å²) in [4.78, 5) is 24.8. The van der Waals surface area contributed by atoms with Crippen LogP contribution in [0.5, 0.6) is 0 Å². The highest BCUT2D eigenvalue weighted by atomic mass is 19.1. The number of hydrogen-bond acceptors (Lipinski definition) is 4. The predicted octanol–water partition coefficient (Wildman–Crippen LogP) is 2.03. The van der Waals surface area contributed by atoms with Gasteiger partial charge in [0.15, 0.2) is 5.69 Å². The number of carbonyl (C=O) groups is 2. The van der Waals surface area contributed by atoms with Crippen LogP contribution >= 0.6 is 0 Å². The van der Waals surface area contributed by atoms with Crippen molar-refractivity contribution < 1.29 is 19.1 Å². The van der Waals surface area contributed by atoms with Crippen LogP contribution in [-0.2, 0) is 4.79 Å². The lowest BCUT2D eigenvalue weighted by atomic mass is 9.82. The summed E-state index contributed by atoms with van der Waals surface area (Å²) in [5, 5.41) is 20.0. The highest BCUT2D eigenvalue weighted by molar-refractivity contribution is 5.92. The van der Waals surface area contributed by atoms with Gasteiger partial charge in [-0.25, -0.2) is 4.39 Å². The SMILES string of the molecule is CCC(CC)(CNC(=O)c1cnn(-c2ccc(F)cc2)n1)C(=O)O. The first-order valence-electron chi connectivity index (χ1n) is 7.61. The molecule has 1 aromatic carbocycles. The van der Waals surface area contributed by atoms with E-state index < -0.39 is 17.3 Å². The molecule has 0 aliphatic carbocycles. The summed E-state index contributed by atoms with van der Waals surface area (Å²) >= 11 is 0. The molecule has 2 rings (SSSR count). The Labute approximate surface area is 138 Å². The Kier molecular flexibility index (Phi) is 5.28. The Balaban J connectivity index is 2.08. The van der Waals surface area contributed by atoms with Crippen LogP contribution in [0.1, 0.15) is 37.2 Å². The number of halogens is 1. The molecular formula is C16H19FN4O3. The van der Waals surface area contributed by atoms with Crippen LogP contribution in [0.2, 0.25) is 0 Å². The number of hydrogen-bond donors (Lipinski definition) is 2. The number of benzene rings is 1. The quantitative estimate of drug-likeness (QED) is 0.807. The van der Waals surface area contributed by atoms with E-state index in [1.165, 1.54) is 35.3 Å². The van der Waals surface area contributed by atoms with Crippen molar-refractivity contribution in [2.45, 2.75) is 26.7 Å². The fourth-order valence-electron chi connectivity index (χ4n) is 2.28. The number of amides is 1. The maximum absolute atomic E-state index is 12.9. The minimum Gasteiger partial charge on any atom is -0.481 e. The summed E-state index contributed by atoms with van der Waals surface area (Å²) in [7, 11) is 0. The molecule has 0 radical (unpaired) electrons. The van der Waals surface area contributed by atoms with E-state index in [0.717, 1.165) is 0 Å². The summed E-state index contributed by atoms with van der Waals surface area (Å²) in [5.74, 6) is -1.83. The largest absolute Gasteiger partial charge is 0.481 e. The number of nitrogens with zero attached hydrogens (tertiary/aromatic N) is 3. The first kappa shape index (κ1) is 17.6. The molecule has 0 aliphatic heterocycles. The van der Waals surface area contributed by atoms with E-state index in [-0.39, 0.29) is 18.1 Å². The molecule has 1 heterocycles. The van der Waals surface area contributed by atoms with Crippen molar-refractivity contribution in [2.24, 2.45) is 5.41 Å². The Morgan fingerprint density at radius 2 is 1.88 bits per heavy atom. The fourth-order valence-corrected chi connectivity index (χ4v) is 2.28. The molecule has 24 heavy (non-hydrogen) atoms. The van der Waals surface area contributed by atoms with Gasteiger partial charge in [0, 0.05) is 6.54 Å². The highest BCUT2D eigenvalue weighted by Crippen LogP contribution is 2.25. The molecule has 0 saturated carbocycles. The van der Waals surface area contributed by atoms with Crippen LogP contribution < -0.4 is 5.32 Å². The number of carbonyl (C=O) groups excluding carboxylic acids is 1. The average Bonchev–Trinajstić information content (AvgIpc) is 3.06. The zero-order chi connectivity index (χ0) is 17.7. The van der Waals surface area contributed by atoms with Gasteiger partial charge in [-0.3, -0.25) is 9.59 Å². The van der Waals surface area contributed by atoms with Gasteiger partial charge in [0.1, 0.15) is 5.82 Å². The topological polar surface area (TPSA) is 97.1 Å². The summed E-state index contributed by atoms with van der Waals surface area (Å²) in [6.07, 6.45) is 2.09. The standard InChI is InChI=1S/C16H19FN4O3/c1-3-16(4-2,15(23)24)10-18-14(22)13-9-19-21(20-13)12-7-5-11(17)6-8-12/h5-9H,3-4,10H2,1-2H3,(H,18,22)(H,23,24). The van der Waals surface area contributed by atoms with Gasteiger partial charge in [-0.1, -0.05) is 13.8 Å². The second-order valence-electron chi connectivity index (χ2n) is 5.47. The molecule has 0 atom stereocenters. The lowest BCUT2D eigenvalue weighted by molar-refractivity contribution is -0.149. The third-order valence-corrected chi connectivity index (χ3v) is 4.18. The minimum absolute atomic E-state index is 0.0115. The zero-order valence-electron chi connectivity index (χ0n) is 13.5. The zero-order valence-corrected chi connectivity index (χ0v) is 13.5. The number of aromatic nitrogens is 3. The normalized spacial score (nSPS) is 11.3. The van der Waals surface area contributed by atoms with Crippen LogP contribution in [0, 0.1) is 11.2 Å². The molecule has 1 amide bonds. The average molecular weight is 334 g/mol. The van der Waals surface area contributed by atoms with Crippen LogP contribution in [0.25, 0.3) is 5.69 Å². The lowest BCUT2D eigenvalue weighted by Gasteiger charge is -2.26. The minimum atomic E-state index is -0.997. The first-order chi connectivity index (χ1) is 11.4. The Bertz CT molecular complexity index is 723. The highest BCUT2D eigenvalue weighted by Gasteiger charge is 2.35. The van der Waals surface area contributed by atoms with E-state index in [0.29, 0.717) is 18.5 Å². The van der Waals surface area contributed by atoms with Crippen molar-refractivity contribution in [3.8, 4) is 5.69 Å². The molecule has 7 nitrogen and oxygen atoms in total. The molecule has 0 fully saturated rings. The predicted molar refractivity (Wildman–Crippen MR) is 84.3 cm³/mol. The molecule has 128 valence electrons. The number of aliphatic carboxylic acids is 1. The molecule has 1 aromatic heterocycles. The van der Waals surface area contributed by atoms with Gasteiger partial charge in [-0.2, -0.15) is 9.90 Å². The van der Waals surface area contributed by atoms with Gasteiger partial charge in [-0.15, -0.1) is 5.10 Å². The maximum Gasteiger partial charge on any atom is 0.311 e. The van der Waals surface area contributed by atoms with Gasteiger partial charge in [-0.05, 0) is 37.1 Å². The van der Waals surface area contributed by atoms with E-state index in [4.69, 9.17) is 0 Å². The molecule has 0 saturated heterocycles. The Morgan fingerprint density at radius 3 is 2.42 bits per heavy atom. The van der Waals surface area contributed by atoms with Crippen LogP contribution in [0.3, 0.4) is 0 Å².